The largest absolute Gasteiger partial charge is 0.485 e. The highest BCUT2D eigenvalue weighted by Crippen LogP contribution is 2.31. The number of para-hydroxylation sites is 2. The Bertz CT molecular complexity index is 910. The van der Waals surface area contributed by atoms with Gasteiger partial charge in [-0.15, -0.1) is 0 Å². The summed E-state index contributed by atoms with van der Waals surface area (Å²) in [7, 11) is 0. The molecule has 0 fully saturated rings. The van der Waals surface area contributed by atoms with Gasteiger partial charge in [0.2, 0.25) is 6.10 Å². The molecule has 1 heterocycles. The molecule has 152 valence electrons. The molecule has 4 rings (SSSR count). The summed E-state index contributed by atoms with van der Waals surface area (Å²) in [6.07, 6.45) is 3.80. The lowest BCUT2D eigenvalue weighted by Crippen LogP contribution is -2.40. The van der Waals surface area contributed by atoms with Crippen molar-refractivity contribution in [2.45, 2.75) is 44.8 Å². The topological polar surface area (TPSA) is 73.9 Å². The van der Waals surface area contributed by atoms with Crippen LogP contribution in [-0.4, -0.2) is 31.2 Å². The van der Waals surface area contributed by atoms with Gasteiger partial charge in [0, 0.05) is 0 Å². The molecule has 1 aliphatic heterocycles. The number of aryl methyl sites for hydroxylation is 2. The number of esters is 1. The van der Waals surface area contributed by atoms with Gasteiger partial charge in [0.25, 0.3) is 5.91 Å². The molecule has 1 amide bonds. The fourth-order valence-corrected chi connectivity index (χ4v) is 3.75. The molecule has 0 saturated carbocycles. The predicted octanol–water partition coefficient (Wildman–Crippen LogP) is 3.13. The van der Waals surface area contributed by atoms with Crippen molar-refractivity contribution in [2.24, 2.45) is 0 Å². The number of fused-ring (bicyclic) bond motifs is 2. The Labute approximate surface area is 170 Å². The number of ether oxygens (including phenoxy) is 3. The molecule has 0 bridgehead atoms. The molecule has 0 spiro atoms. The van der Waals surface area contributed by atoms with E-state index in [-0.39, 0.29) is 25.2 Å². The van der Waals surface area contributed by atoms with Crippen LogP contribution in [0.15, 0.2) is 42.5 Å². The second-order valence-electron chi connectivity index (χ2n) is 7.50. The van der Waals surface area contributed by atoms with Crippen molar-refractivity contribution in [2.75, 3.05) is 13.2 Å². The molecule has 1 aliphatic carbocycles. The predicted molar refractivity (Wildman–Crippen MR) is 107 cm³/mol. The van der Waals surface area contributed by atoms with Gasteiger partial charge in [-0.2, -0.15) is 0 Å². The minimum Gasteiger partial charge on any atom is -0.485 e. The molecule has 6 heteroatoms. The van der Waals surface area contributed by atoms with Gasteiger partial charge in [0.05, 0.1) is 6.04 Å². The first-order chi connectivity index (χ1) is 14.1. The SMILES string of the molecule is C[C@@H](NC(=O)COC(=O)[C@H]1COc2ccccc2O1)c1ccc2c(c1)CCCC2. The Morgan fingerprint density at radius 1 is 1.10 bits per heavy atom. The number of hydrogen-bond acceptors (Lipinski definition) is 5. The quantitative estimate of drug-likeness (QED) is 0.788. The number of carbonyl (C=O) groups excluding carboxylic acids is 2. The molecule has 0 radical (unpaired) electrons. The molecule has 1 N–H and O–H groups in total. The van der Waals surface area contributed by atoms with Crippen LogP contribution in [0.3, 0.4) is 0 Å². The number of rotatable bonds is 5. The maximum absolute atomic E-state index is 12.2. The minimum absolute atomic E-state index is 0.0585. The third-order valence-corrected chi connectivity index (χ3v) is 5.37. The maximum Gasteiger partial charge on any atom is 0.351 e. The van der Waals surface area contributed by atoms with E-state index in [2.05, 4.69) is 23.5 Å². The Balaban J connectivity index is 1.27. The van der Waals surface area contributed by atoms with Crippen molar-refractivity contribution in [3.63, 3.8) is 0 Å². The van der Waals surface area contributed by atoms with Crippen LogP contribution < -0.4 is 14.8 Å². The molecular weight excluding hydrogens is 370 g/mol. The Morgan fingerprint density at radius 3 is 2.69 bits per heavy atom. The number of carbonyl (C=O) groups is 2. The summed E-state index contributed by atoms with van der Waals surface area (Å²) in [5.41, 5.74) is 3.84. The van der Waals surface area contributed by atoms with Gasteiger partial charge >= 0.3 is 5.97 Å². The van der Waals surface area contributed by atoms with Crippen molar-refractivity contribution in [3.8, 4) is 11.5 Å². The van der Waals surface area contributed by atoms with E-state index in [1.165, 1.54) is 24.0 Å². The summed E-state index contributed by atoms with van der Waals surface area (Å²) in [6, 6.07) is 13.4. The fourth-order valence-electron chi connectivity index (χ4n) is 3.75. The van der Waals surface area contributed by atoms with E-state index < -0.39 is 12.1 Å². The van der Waals surface area contributed by atoms with Crippen molar-refractivity contribution < 1.29 is 23.8 Å². The van der Waals surface area contributed by atoms with E-state index in [0.29, 0.717) is 11.5 Å². The maximum atomic E-state index is 12.2. The lowest BCUT2D eigenvalue weighted by atomic mass is 9.89. The summed E-state index contributed by atoms with van der Waals surface area (Å²) in [4.78, 5) is 24.5. The molecule has 2 aromatic rings. The first-order valence-electron chi connectivity index (χ1n) is 10.1. The van der Waals surface area contributed by atoms with Crippen LogP contribution in [0.25, 0.3) is 0 Å². The van der Waals surface area contributed by atoms with Gasteiger partial charge in [-0.3, -0.25) is 4.79 Å². The number of nitrogens with one attached hydrogen (secondary N) is 1. The Morgan fingerprint density at radius 2 is 1.86 bits per heavy atom. The fraction of sp³-hybridized carbons (Fsp3) is 0.391. The van der Waals surface area contributed by atoms with Crippen LogP contribution in [0, 0.1) is 0 Å². The monoisotopic (exact) mass is 395 g/mol. The van der Waals surface area contributed by atoms with E-state index in [1.807, 2.05) is 13.0 Å². The van der Waals surface area contributed by atoms with Gasteiger partial charge in [0.15, 0.2) is 18.1 Å². The average Bonchev–Trinajstić information content (AvgIpc) is 2.76. The molecule has 0 unspecified atom stereocenters. The molecule has 2 aliphatic rings. The summed E-state index contributed by atoms with van der Waals surface area (Å²) in [6.45, 7) is 1.64. The second kappa shape index (κ2) is 8.55. The van der Waals surface area contributed by atoms with Crippen LogP contribution in [-0.2, 0) is 27.2 Å². The third kappa shape index (κ3) is 4.53. The van der Waals surface area contributed by atoms with Crippen LogP contribution in [0.5, 0.6) is 11.5 Å². The van der Waals surface area contributed by atoms with Gasteiger partial charge in [0.1, 0.15) is 6.61 Å². The zero-order chi connectivity index (χ0) is 20.2. The standard InChI is InChI=1S/C23H25NO5/c1-15(17-11-10-16-6-2-3-7-18(16)12-17)24-22(25)14-28-23(26)21-13-27-19-8-4-5-9-20(19)29-21/h4-5,8-12,15,21H,2-3,6-7,13-14H2,1H3,(H,24,25)/t15-,21-/m1/s1. The van der Waals surface area contributed by atoms with Crippen LogP contribution >= 0.6 is 0 Å². The molecule has 0 saturated heterocycles. The number of amides is 1. The molecule has 6 nitrogen and oxygen atoms in total. The summed E-state index contributed by atoms with van der Waals surface area (Å²) in [5.74, 6) is 0.121. The van der Waals surface area contributed by atoms with Crippen LogP contribution in [0.1, 0.15) is 42.5 Å². The van der Waals surface area contributed by atoms with Crippen molar-refractivity contribution in [1.82, 2.24) is 5.32 Å². The smallest absolute Gasteiger partial charge is 0.351 e. The normalized spacial score (nSPS) is 18.3. The third-order valence-electron chi connectivity index (χ3n) is 5.37. The van der Waals surface area contributed by atoms with E-state index >= 15 is 0 Å². The molecule has 29 heavy (non-hydrogen) atoms. The van der Waals surface area contributed by atoms with E-state index in [9.17, 15) is 9.59 Å². The zero-order valence-corrected chi connectivity index (χ0v) is 16.5. The van der Waals surface area contributed by atoms with E-state index in [1.54, 1.807) is 18.2 Å². The van der Waals surface area contributed by atoms with Crippen LogP contribution in [0.4, 0.5) is 0 Å². The van der Waals surface area contributed by atoms with Gasteiger partial charge in [-0.05, 0) is 61.4 Å². The first kappa shape index (κ1) is 19.3. The molecule has 2 aromatic carbocycles. The van der Waals surface area contributed by atoms with Gasteiger partial charge < -0.3 is 19.5 Å². The molecular formula is C23H25NO5. The minimum atomic E-state index is -0.879. The van der Waals surface area contributed by atoms with Crippen molar-refractivity contribution in [3.05, 3.63) is 59.2 Å². The average molecular weight is 395 g/mol. The van der Waals surface area contributed by atoms with E-state index in [4.69, 9.17) is 14.2 Å². The zero-order valence-electron chi connectivity index (χ0n) is 16.5. The number of hydrogen-bond donors (Lipinski definition) is 1. The Hall–Kier alpha value is -3.02. The molecule has 0 aromatic heterocycles. The highest BCUT2D eigenvalue weighted by molar-refractivity contribution is 5.82. The number of benzene rings is 2. The van der Waals surface area contributed by atoms with Crippen LogP contribution in [0.2, 0.25) is 0 Å². The van der Waals surface area contributed by atoms with Gasteiger partial charge in [-0.25, -0.2) is 4.79 Å². The summed E-state index contributed by atoms with van der Waals surface area (Å²) < 4.78 is 16.2. The highest BCUT2D eigenvalue weighted by Gasteiger charge is 2.29. The molecule has 2 atom stereocenters. The lowest BCUT2D eigenvalue weighted by molar-refractivity contribution is -0.157. The summed E-state index contributed by atoms with van der Waals surface area (Å²) in [5, 5.41) is 2.89. The van der Waals surface area contributed by atoms with Crippen molar-refractivity contribution in [1.29, 1.82) is 0 Å². The Kier molecular flexibility index (Phi) is 5.69. The lowest BCUT2D eigenvalue weighted by Gasteiger charge is -2.25. The van der Waals surface area contributed by atoms with Crippen molar-refractivity contribution >= 4 is 11.9 Å². The summed E-state index contributed by atoms with van der Waals surface area (Å²) >= 11 is 0. The highest BCUT2D eigenvalue weighted by atomic mass is 16.6. The first-order valence-corrected chi connectivity index (χ1v) is 10.1. The second-order valence-corrected chi connectivity index (χ2v) is 7.50. The van der Waals surface area contributed by atoms with E-state index in [0.717, 1.165) is 18.4 Å². The van der Waals surface area contributed by atoms with Gasteiger partial charge in [-0.1, -0.05) is 30.3 Å².